The lowest BCUT2D eigenvalue weighted by Crippen LogP contribution is -2.11. The second-order valence-electron chi connectivity index (χ2n) is 5.36. The van der Waals surface area contributed by atoms with Gasteiger partial charge in [-0.1, -0.05) is 17.3 Å². The lowest BCUT2D eigenvalue weighted by molar-refractivity contribution is 0.101. The first-order valence-corrected chi connectivity index (χ1v) is 7.57. The highest BCUT2D eigenvalue weighted by Gasteiger charge is 2.13. The highest BCUT2D eigenvalue weighted by atomic mass is 16.5. The number of rotatable bonds is 6. The number of para-hydroxylation sites is 1. The van der Waals surface area contributed by atoms with E-state index in [0.717, 1.165) is 5.56 Å². The number of hydrogen-bond acceptors (Lipinski definition) is 6. The van der Waals surface area contributed by atoms with Gasteiger partial charge < -0.3 is 19.3 Å². The fourth-order valence-corrected chi connectivity index (χ4v) is 2.44. The van der Waals surface area contributed by atoms with Crippen LogP contribution in [0.15, 0.2) is 41.2 Å². The molecule has 0 saturated carbocycles. The highest BCUT2D eigenvalue weighted by Crippen LogP contribution is 2.31. The lowest BCUT2D eigenvalue weighted by Gasteiger charge is -2.12. The van der Waals surface area contributed by atoms with Gasteiger partial charge in [0.15, 0.2) is 17.2 Å². The van der Waals surface area contributed by atoms with Gasteiger partial charge in [0, 0.05) is 17.8 Å². The van der Waals surface area contributed by atoms with Crippen molar-refractivity contribution in [3.63, 3.8) is 0 Å². The van der Waals surface area contributed by atoms with Crippen LogP contribution in [0.4, 0.5) is 5.69 Å². The summed E-state index contributed by atoms with van der Waals surface area (Å²) in [7, 11) is 3.19. The lowest BCUT2D eigenvalue weighted by atomic mass is 10.2. The third-order valence-electron chi connectivity index (χ3n) is 3.57. The number of nitrogens with one attached hydrogen (secondary N) is 1. The molecule has 0 aliphatic rings. The monoisotopic (exact) mass is 342 g/mol. The molecule has 0 bridgehead atoms. The summed E-state index contributed by atoms with van der Waals surface area (Å²) in [5.41, 5.74) is 1.70. The Kier molecular flexibility index (Phi) is 4.69. The van der Waals surface area contributed by atoms with Gasteiger partial charge in [-0.3, -0.25) is 9.48 Å². The maximum Gasteiger partial charge on any atom is 0.277 e. The fourth-order valence-electron chi connectivity index (χ4n) is 2.44. The van der Waals surface area contributed by atoms with Gasteiger partial charge in [0.05, 0.1) is 32.6 Å². The summed E-state index contributed by atoms with van der Waals surface area (Å²) >= 11 is 0. The number of anilines is 1. The van der Waals surface area contributed by atoms with Gasteiger partial charge in [-0.05, 0) is 13.0 Å². The van der Waals surface area contributed by atoms with E-state index in [1.807, 2.05) is 18.2 Å². The molecular formula is C17H18N4O4. The minimum absolute atomic E-state index is 0.222. The predicted octanol–water partition coefficient (Wildman–Crippen LogP) is 2.50. The van der Waals surface area contributed by atoms with Crippen molar-refractivity contribution in [1.29, 1.82) is 0 Å². The van der Waals surface area contributed by atoms with Crippen LogP contribution < -0.4 is 14.8 Å². The summed E-state index contributed by atoms with van der Waals surface area (Å²) in [6.45, 7) is 2.20. The smallest absolute Gasteiger partial charge is 0.277 e. The van der Waals surface area contributed by atoms with Crippen molar-refractivity contribution in [2.75, 3.05) is 19.5 Å². The molecule has 0 aliphatic heterocycles. The van der Waals surface area contributed by atoms with Crippen molar-refractivity contribution in [3.05, 3.63) is 53.7 Å². The third-order valence-corrected chi connectivity index (χ3v) is 3.57. The van der Waals surface area contributed by atoms with Crippen molar-refractivity contribution in [3.8, 4) is 11.5 Å². The highest BCUT2D eigenvalue weighted by molar-refractivity contribution is 6.02. The molecule has 0 aliphatic carbocycles. The minimum Gasteiger partial charge on any atom is -0.493 e. The van der Waals surface area contributed by atoms with Crippen molar-refractivity contribution < 1.29 is 18.8 Å². The Hall–Kier alpha value is -3.29. The summed E-state index contributed by atoms with van der Waals surface area (Å²) in [4.78, 5) is 12.1. The van der Waals surface area contributed by atoms with Gasteiger partial charge in [-0.25, -0.2) is 0 Å². The Morgan fingerprint density at radius 1 is 1.32 bits per heavy atom. The van der Waals surface area contributed by atoms with E-state index in [1.54, 1.807) is 44.3 Å². The Balaban J connectivity index is 1.73. The SMILES string of the molecule is COc1cccc(Cn2cc(NC(=O)c3cc(C)on3)cn2)c1OC. The van der Waals surface area contributed by atoms with Crippen LogP contribution in [0, 0.1) is 6.92 Å². The van der Waals surface area contributed by atoms with Crippen LogP contribution in [0.5, 0.6) is 11.5 Å². The van der Waals surface area contributed by atoms with E-state index < -0.39 is 0 Å². The van der Waals surface area contributed by atoms with Crippen LogP contribution in [-0.2, 0) is 6.54 Å². The number of carbonyl (C=O) groups is 1. The van der Waals surface area contributed by atoms with Gasteiger partial charge in [0.25, 0.3) is 5.91 Å². The Morgan fingerprint density at radius 3 is 2.84 bits per heavy atom. The van der Waals surface area contributed by atoms with Crippen LogP contribution in [0.2, 0.25) is 0 Å². The third kappa shape index (κ3) is 3.63. The zero-order valence-electron chi connectivity index (χ0n) is 14.1. The molecule has 2 heterocycles. The van der Waals surface area contributed by atoms with Crippen LogP contribution in [0.3, 0.4) is 0 Å². The number of amides is 1. The first kappa shape index (κ1) is 16.6. The molecule has 1 N–H and O–H groups in total. The first-order chi connectivity index (χ1) is 12.1. The predicted molar refractivity (Wildman–Crippen MR) is 90.1 cm³/mol. The zero-order valence-corrected chi connectivity index (χ0v) is 14.1. The van der Waals surface area contributed by atoms with E-state index in [-0.39, 0.29) is 11.6 Å². The quantitative estimate of drug-likeness (QED) is 0.740. The summed E-state index contributed by atoms with van der Waals surface area (Å²) < 4.78 is 17.3. The summed E-state index contributed by atoms with van der Waals surface area (Å²) in [5, 5.41) is 10.7. The molecule has 0 fully saturated rings. The topological polar surface area (TPSA) is 91.4 Å². The van der Waals surface area contributed by atoms with E-state index in [4.69, 9.17) is 14.0 Å². The van der Waals surface area contributed by atoms with Gasteiger partial charge in [-0.2, -0.15) is 5.10 Å². The number of benzene rings is 1. The Morgan fingerprint density at radius 2 is 2.16 bits per heavy atom. The normalized spacial score (nSPS) is 10.5. The molecule has 2 aromatic heterocycles. The molecule has 0 atom stereocenters. The van der Waals surface area contributed by atoms with Crippen LogP contribution in [-0.4, -0.2) is 35.1 Å². The van der Waals surface area contributed by atoms with E-state index in [9.17, 15) is 4.79 Å². The van der Waals surface area contributed by atoms with Gasteiger partial charge in [0.1, 0.15) is 5.76 Å². The van der Waals surface area contributed by atoms with E-state index in [1.165, 1.54) is 0 Å². The molecule has 0 saturated heterocycles. The first-order valence-electron chi connectivity index (χ1n) is 7.57. The fraction of sp³-hybridized carbons (Fsp3) is 0.235. The minimum atomic E-state index is -0.352. The zero-order chi connectivity index (χ0) is 17.8. The van der Waals surface area contributed by atoms with Crippen molar-refractivity contribution in [2.24, 2.45) is 0 Å². The number of methoxy groups -OCH3 is 2. The number of hydrogen-bond donors (Lipinski definition) is 1. The second kappa shape index (κ2) is 7.08. The average Bonchev–Trinajstić information content (AvgIpc) is 3.23. The molecule has 3 aromatic rings. The van der Waals surface area contributed by atoms with Gasteiger partial charge >= 0.3 is 0 Å². The standard InChI is InChI=1S/C17H18N4O4/c1-11-7-14(20-25-11)17(22)19-13-8-18-21(10-13)9-12-5-4-6-15(23-2)16(12)24-3/h4-8,10H,9H2,1-3H3,(H,19,22). The van der Waals surface area contributed by atoms with E-state index in [2.05, 4.69) is 15.6 Å². The second-order valence-corrected chi connectivity index (χ2v) is 5.36. The number of carbonyl (C=O) groups excluding carboxylic acids is 1. The number of ether oxygens (including phenoxy) is 2. The Bertz CT molecular complexity index is 884. The molecule has 1 amide bonds. The van der Waals surface area contributed by atoms with Crippen molar-refractivity contribution in [1.82, 2.24) is 14.9 Å². The molecule has 0 radical (unpaired) electrons. The summed E-state index contributed by atoms with van der Waals surface area (Å²) in [5.74, 6) is 1.53. The molecular weight excluding hydrogens is 324 g/mol. The van der Waals surface area contributed by atoms with Crippen LogP contribution >= 0.6 is 0 Å². The molecule has 0 spiro atoms. The molecule has 8 nitrogen and oxygen atoms in total. The van der Waals surface area contributed by atoms with Crippen LogP contribution in [0.25, 0.3) is 0 Å². The van der Waals surface area contributed by atoms with Gasteiger partial charge in [0.2, 0.25) is 0 Å². The average molecular weight is 342 g/mol. The molecule has 8 heteroatoms. The van der Waals surface area contributed by atoms with Crippen LogP contribution in [0.1, 0.15) is 21.8 Å². The molecule has 1 aromatic carbocycles. The van der Waals surface area contributed by atoms with E-state index in [0.29, 0.717) is 29.5 Å². The molecule has 130 valence electrons. The number of nitrogens with zero attached hydrogens (tertiary/aromatic N) is 3. The van der Waals surface area contributed by atoms with Crippen molar-refractivity contribution >= 4 is 11.6 Å². The molecule has 3 rings (SSSR count). The van der Waals surface area contributed by atoms with Crippen molar-refractivity contribution in [2.45, 2.75) is 13.5 Å². The summed E-state index contributed by atoms with van der Waals surface area (Å²) in [6.07, 6.45) is 3.29. The Labute approximate surface area is 144 Å². The number of aromatic nitrogens is 3. The van der Waals surface area contributed by atoms with E-state index >= 15 is 0 Å². The maximum atomic E-state index is 12.1. The number of aryl methyl sites for hydroxylation is 1. The maximum absolute atomic E-state index is 12.1. The van der Waals surface area contributed by atoms with Gasteiger partial charge in [-0.15, -0.1) is 0 Å². The summed E-state index contributed by atoms with van der Waals surface area (Å²) in [6, 6.07) is 7.22. The largest absolute Gasteiger partial charge is 0.493 e. The molecule has 0 unspecified atom stereocenters. The molecule has 25 heavy (non-hydrogen) atoms.